The lowest BCUT2D eigenvalue weighted by molar-refractivity contribution is 0.632. The Kier molecular flexibility index (Phi) is 9.56. The number of hydrogen-bond donors (Lipinski definition) is 3. The molecule has 2 aliphatic rings. The average Bonchev–Trinajstić information content (AvgIpc) is 3.28. The fourth-order valence-electron chi connectivity index (χ4n) is 8.94. The maximum absolute atomic E-state index is 8.45. The topological polar surface area (TPSA) is 80.7 Å². The molecular formula is C54H48N6. The number of fused-ring (bicyclic) bond motifs is 4. The van der Waals surface area contributed by atoms with E-state index in [1.54, 1.807) is 0 Å². The summed E-state index contributed by atoms with van der Waals surface area (Å²) in [5.74, 6) is 0. The molecule has 0 bridgehead atoms. The maximum Gasteiger partial charge on any atom is 0.104 e. The molecule has 7 aromatic rings. The van der Waals surface area contributed by atoms with Crippen molar-refractivity contribution < 1.29 is 0 Å². The Balaban J connectivity index is 1.14. The molecule has 6 heteroatoms. The van der Waals surface area contributed by atoms with Crippen molar-refractivity contribution in [2.75, 3.05) is 15.1 Å². The molecule has 0 spiro atoms. The van der Waals surface area contributed by atoms with Crippen LogP contribution in [0.2, 0.25) is 0 Å². The molecule has 0 aromatic heterocycles. The van der Waals surface area contributed by atoms with Crippen molar-refractivity contribution in [3.63, 3.8) is 0 Å². The summed E-state index contributed by atoms with van der Waals surface area (Å²) in [5.41, 5.74) is 23.0. The minimum atomic E-state index is -0.158. The first-order chi connectivity index (χ1) is 29.1. The van der Waals surface area contributed by atoms with Crippen LogP contribution in [0.1, 0.15) is 61.1 Å². The number of nitrogens with one attached hydrogen (secondary N) is 2. The second-order valence-corrected chi connectivity index (χ2v) is 16.5. The van der Waals surface area contributed by atoms with Crippen LogP contribution in [0, 0.1) is 5.41 Å². The van der Waals surface area contributed by atoms with E-state index in [-0.39, 0.29) is 10.8 Å². The summed E-state index contributed by atoms with van der Waals surface area (Å²) >= 11 is 0. The van der Waals surface area contributed by atoms with Crippen LogP contribution in [0.15, 0.2) is 193 Å². The Bertz CT molecular complexity index is 2730. The van der Waals surface area contributed by atoms with Crippen molar-refractivity contribution in [3.8, 4) is 0 Å². The minimum Gasteiger partial charge on any atom is -0.396 e. The second-order valence-electron chi connectivity index (χ2n) is 16.5. The molecule has 6 nitrogen and oxygen atoms in total. The Morgan fingerprint density at radius 3 is 1.30 bits per heavy atom. The number of hydrogen-bond acceptors (Lipinski definition) is 6. The predicted octanol–water partition coefficient (Wildman–Crippen LogP) is 13.4. The van der Waals surface area contributed by atoms with Gasteiger partial charge in [0.2, 0.25) is 0 Å². The van der Waals surface area contributed by atoms with Crippen LogP contribution in [0.5, 0.6) is 0 Å². The number of anilines is 7. The maximum atomic E-state index is 8.45. The highest BCUT2D eigenvalue weighted by Gasteiger charge is 2.38. The highest BCUT2D eigenvalue weighted by Crippen LogP contribution is 2.53. The monoisotopic (exact) mass is 780 g/mol. The summed E-state index contributed by atoms with van der Waals surface area (Å²) < 4.78 is 0. The summed E-state index contributed by atoms with van der Waals surface area (Å²) in [6.07, 6.45) is 1.22. The number of aliphatic imine (C=N–C) groups is 1. The highest BCUT2D eigenvalue weighted by atomic mass is 15.2. The van der Waals surface area contributed by atoms with Gasteiger partial charge in [-0.05, 0) is 88.5 Å². The van der Waals surface area contributed by atoms with Crippen molar-refractivity contribution in [1.29, 1.82) is 5.41 Å². The van der Waals surface area contributed by atoms with Gasteiger partial charge in [-0.15, -0.1) is 0 Å². The number of rotatable bonds is 9. The van der Waals surface area contributed by atoms with Crippen molar-refractivity contribution in [2.45, 2.75) is 38.5 Å². The van der Waals surface area contributed by atoms with Crippen molar-refractivity contribution >= 4 is 63.1 Å². The molecule has 9 rings (SSSR count). The van der Waals surface area contributed by atoms with E-state index in [9.17, 15) is 0 Å². The molecule has 0 saturated heterocycles. The van der Waals surface area contributed by atoms with E-state index in [4.69, 9.17) is 16.1 Å². The van der Waals surface area contributed by atoms with Crippen LogP contribution in [0.3, 0.4) is 0 Å². The molecule has 0 aliphatic carbocycles. The summed E-state index contributed by atoms with van der Waals surface area (Å²) in [7, 11) is 0. The zero-order chi connectivity index (χ0) is 41.6. The van der Waals surface area contributed by atoms with Gasteiger partial charge in [0, 0.05) is 39.7 Å². The molecule has 0 amide bonds. The van der Waals surface area contributed by atoms with E-state index in [1.165, 1.54) is 28.5 Å². The fraction of sp³-hybridized carbons (Fsp3) is 0.111. The average molecular weight is 781 g/mol. The third-order valence-electron chi connectivity index (χ3n) is 12.1. The minimum absolute atomic E-state index is 0.150. The Hall–Kier alpha value is -7.44. The summed E-state index contributed by atoms with van der Waals surface area (Å²) in [5, 5.41) is 11.8. The molecule has 7 aromatic carbocycles. The standard InChI is InChI=1S/C54H48N6/c1-36(57-39-17-7-6-8-18-39)46(35-55)58-52(38-29-33-41(34-30-38)60-49-25-15-11-21-44(49)54(4,5)45-22-12-16-26-50(45)60)51(56)37-27-31-40(32-28-37)59-47-23-13-9-19-42(47)53(2,3)43-20-10-14-24-48(43)59/h6-35,55,57H,1,56H2,2-5H3/b52-51-,55-35?,58-46?. The lowest BCUT2D eigenvalue weighted by Crippen LogP contribution is -2.30. The molecule has 0 saturated carbocycles. The Morgan fingerprint density at radius 1 is 0.533 bits per heavy atom. The van der Waals surface area contributed by atoms with Crippen molar-refractivity contribution in [2.24, 2.45) is 10.7 Å². The molecule has 0 radical (unpaired) electrons. The van der Waals surface area contributed by atoms with E-state index in [2.05, 4.69) is 195 Å². The van der Waals surface area contributed by atoms with E-state index in [0.717, 1.165) is 50.9 Å². The largest absolute Gasteiger partial charge is 0.396 e. The summed E-state index contributed by atoms with van der Waals surface area (Å²) in [6.45, 7) is 13.4. The van der Waals surface area contributed by atoms with Gasteiger partial charge in [-0.25, -0.2) is 4.99 Å². The summed E-state index contributed by atoms with van der Waals surface area (Å²) in [6, 6.07) is 61.1. The van der Waals surface area contributed by atoms with Crippen LogP contribution in [0.25, 0.3) is 11.4 Å². The zero-order valence-electron chi connectivity index (χ0n) is 34.4. The summed E-state index contributed by atoms with van der Waals surface area (Å²) in [4.78, 5) is 9.77. The van der Waals surface area contributed by atoms with Crippen LogP contribution in [-0.2, 0) is 10.8 Å². The Morgan fingerprint density at radius 2 is 0.900 bits per heavy atom. The van der Waals surface area contributed by atoms with Gasteiger partial charge in [-0.3, -0.25) is 0 Å². The van der Waals surface area contributed by atoms with Gasteiger partial charge < -0.3 is 26.3 Å². The first-order valence-electron chi connectivity index (χ1n) is 20.4. The lowest BCUT2D eigenvalue weighted by atomic mass is 9.73. The van der Waals surface area contributed by atoms with E-state index in [0.29, 0.717) is 22.8 Å². The second kappa shape index (κ2) is 15.1. The van der Waals surface area contributed by atoms with Crippen LogP contribution in [-0.4, -0.2) is 11.9 Å². The highest BCUT2D eigenvalue weighted by molar-refractivity contribution is 6.38. The zero-order valence-corrected chi connectivity index (χ0v) is 34.4. The third kappa shape index (κ3) is 6.47. The van der Waals surface area contributed by atoms with E-state index < -0.39 is 0 Å². The van der Waals surface area contributed by atoms with Crippen LogP contribution < -0.4 is 20.9 Å². The van der Waals surface area contributed by atoms with Gasteiger partial charge in [-0.2, -0.15) is 0 Å². The number of benzene rings is 7. The number of allylic oxidation sites excluding steroid dienone is 1. The van der Waals surface area contributed by atoms with Gasteiger partial charge in [0.25, 0.3) is 0 Å². The number of para-hydroxylation sites is 5. The fourth-order valence-corrected chi connectivity index (χ4v) is 8.94. The first-order valence-corrected chi connectivity index (χ1v) is 20.4. The molecule has 60 heavy (non-hydrogen) atoms. The lowest BCUT2D eigenvalue weighted by Gasteiger charge is -2.42. The smallest absolute Gasteiger partial charge is 0.104 e. The molecule has 4 N–H and O–H groups in total. The van der Waals surface area contributed by atoms with E-state index >= 15 is 0 Å². The number of nitrogens with two attached hydrogens (primary N) is 1. The molecule has 0 unspecified atom stereocenters. The molecular weight excluding hydrogens is 733 g/mol. The SMILES string of the molecule is C=C(Nc1ccccc1)C(C=N)=N/C(=C(\N)c1ccc(N2c3ccccc3C(C)(C)c3ccccc32)cc1)c1ccc(N2c3ccccc3C(C)(C)c3ccccc32)cc1. The molecule has 0 atom stereocenters. The number of nitrogens with zero attached hydrogens (tertiary/aromatic N) is 3. The molecule has 2 aliphatic heterocycles. The normalized spacial score (nSPS) is 15.1. The molecule has 294 valence electrons. The van der Waals surface area contributed by atoms with Crippen molar-refractivity contribution in [1.82, 2.24) is 0 Å². The van der Waals surface area contributed by atoms with Gasteiger partial charge >= 0.3 is 0 Å². The van der Waals surface area contributed by atoms with Gasteiger partial charge in [0.05, 0.1) is 39.8 Å². The molecule has 2 heterocycles. The van der Waals surface area contributed by atoms with E-state index in [1.807, 2.05) is 30.3 Å². The quantitative estimate of drug-likeness (QED) is 0.101. The van der Waals surface area contributed by atoms with Crippen molar-refractivity contribution in [3.05, 3.63) is 222 Å². The van der Waals surface area contributed by atoms with Gasteiger partial charge in [0.15, 0.2) is 0 Å². The van der Waals surface area contributed by atoms with Crippen LogP contribution in [0.4, 0.5) is 39.8 Å². The van der Waals surface area contributed by atoms with Crippen LogP contribution >= 0.6 is 0 Å². The van der Waals surface area contributed by atoms with Gasteiger partial charge in [0.1, 0.15) is 5.71 Å². The predicted molar refractivity (Wildman–Crippen MR) is 253 cm³/mol. The molecule has 0 fully saturated rings. The first kappa shape index (κ1) is 38.1. The Labute approximate surface area is 353 Å². The third-order valence-corrected chi connectivity index (χ3v) is 12.1. The van der Waals surface area contributed by atoms with Gasteiger partial charge in [-0.1, -0.05) is 150 Å².